The predicted molar refractivity (Wildman–Crippen MR) is 60.1 cm³/mol. The Balaban J connectivity index is 2.51. The molecule has 1 aromatic heterocycles. The van der Waals surface area contributed by atoms with Crippen molar-refractivity contribution in [3.8, 4) is 5.75 Å². The Kier molecular flexibility index (Phi) is 2.55. The molecule has 0 amide bonds. The Morgan fingerprint density at radius 1 is 1.25 bits per heavy atom. The highest BCUT2D eigenvalue weighted by atomic mass is 16.4. The van der Waals surface area contributed by atoms with Crippen molar-refractivity contribution in [1.29, 1.82) is 0 Å². The summed E-state index contributed by atoms with van der Waals surface area (Å²) < 4.78 is 0. The van der Waals surface area contributed by atoms with Crippen LogP contribution in [-0.4, -0.2) is 21.2 Å². The number of phenolic OH excluding ortho intramolecular Hbond substituents is 1. The average molecular weight is 215 g/mol. The fourth-order valence-corrected chi connectivity index (χ4v) is 1.40. The number of fused-ring (bicyclic) bond motifs is 1. The van der Waals surface area contributed by atoms with Crippen LogP contribution < -0.4 is 0 Å². The van der Waals surface area contributed by atoms with Crippen molar-refractivity contribution < 1.29 is 15.0 Å². The lowest BCUT2D eigenvalue weighted by atomic mass is 10.2. The van der Waals surface area contributed by atoms with Gasteiger partial charge in [-0.15, -0.1) is 0 Å². The number of carboxylic acids is 1. The van der Waals surface area contributed by atoms with Gasteiger partial charge in [-0.25, -0.2) is 9.78 Å². The van der Waals surface area contributed by atoms with E-state index in [0.717, 1.165) is 11.5 Å². The van der Waals surface area contributed by atoms with Gasteiger partial charge >= 0.3 is 5.97 Å². The first-order valence-corrected chi connectivity index (χ1v) is 4.66. The predicted octanol–water partition coefficient (Wildman–Crippen LogP) is 2.04. The first-order valence-electron chi connectivity index (χ1n) is 4.66. The molecule has 1 aromatic carbocycles. The van der Waals surface area contributed by atoms with Crippen LogP contribution in [-0.2, 0) is 4.79 Å². The molecule has 0 bridgehead atoms. The third-order valence-electron chi connectivity index (χ3n) is 2.12. The van der Waals surface area contributed by atoms with Gasteiger partial charge in [0.25, 0.3) is 0 Å². The lowest BCUT2D eigenvalue weighted by molar-refractivity contribution is -0.131. The van der Waals surface area contributed by atoms with E-state index in [1.54, 1.807) is 24.3 Å². The van der Waals surface area contributed by atoms with Crippen molar-refractivity contribution in [3.05, 3.63) is 42.1 Å². The molecule has 1 heterocycles. The smallest absolute Gasteiger partial charge is 0.328 e. The largest absolute Gasteiger partial charge is 0.506 e. The van der Waals surface area contributed by atoms with Crippen LogP contribution in [0.25, 0.3) is 17.0 Å². The minimum atomic E-state index is -1.03. The molecule has 0 aliphatic carbocycles. The van der Waals surface area contributed by atoms with E-state index in [1.807, 2.05) is 6.07 Å². The van der Waals surface area contributed by atoms with E-state index in [4.69, 9.17) is 5.11 Å². The molecule has 4 heteroatoms. The SMILES string of the molecule is O=C(O)/C=C/c1ccc2cccc(O)c2n1. The van der Waals surface area contributed by atoms with Crippen LogP contribution in [0, 0.1) is 0 Å². The van der Waals surface area contributed by atoms with E-state index in [0.29, 0.717) is 11.2 Å². The number of hydrogen-bond donors (Lipinski definition) is 2. The van der Waals surface area contributed by atoms with Crippen LogP contribution in [0.15, 0.2) is 36.4 Å². The van der Waals surface area contributed by atoms with Gasteiger partial charge in [0, 0.05) is 11.5 Å². The number of benzene rings is 1. The molecular weight excluding hydrogens is 206 g/mol. The summed E-state index contributed by atoms with van der Waals surface area (Å²) in [5.74, 6) is -0.942. The molecule has 2 rings (SSSR count). The van der Waals surface area contributed by atoms with Crippen molar-refractivity contribution in [2.24, 2.45) is 0 Å². The zero-order valence-corrected chi connectivity index (χ0v) is 8.29. The molecule has 80 valence electrons. The van der Waals surface area contributed by atoms with Gasteiger partial charge in [-0.2, -0.15) is 0 Å². The zero-order chi connectivity index (χ0) is 11.5. The zero-order valence-electron chi connectivity index (χ0n) is 8.29. The second-order valence-electron chi connectivity index (χ2n) is 3.26. The lowest BCUT2D eigenvalue weighted by Gasteiger charge is -2.00. The number of aromatic nitrogens is 1. The maximum atomic E-state index is 10.3. The fourth-order valence-electron chi connectivity index (χ4n) is 1.40. The Morgan fingerprint density at radius 3 is 2.81 bits per heavy atom. The van der Waals surface area contributed by atoms with E-state index in [1.165, 1.54) is 6.08 Å². The number of aliphatic carboxylic acids is 1. The number of para-hydroxylation sites is 1. The van der Waals surface area contributed by atoms with Gasteiger partial charge in [0.2, 0.25) is 0 Å². The van der Waals surface area contributed by atoms with Crippen LogP contribution in [0.2, 0.25) is 0 Å². The summed E-state index contributed by atoms with van der Waals surface area (Å²) >= 11 is 0. The number of carbonyl (C=O) groups is 1. The normalized spacial score (nSPS) is 11.0. The second kappa shape index (κ2) is 4.02. The molecule has 2 N–H and O–H groups in total. The molecule has 16 heavy (non-hydrogen) atoms. The number of rotatable bonds is 2. The van der Waals surface area contributed by atoms with E-state index in [-0.39, 0.29) is 5.75 Å². The van der Waals surface area contributed by atoms with Crippen molar-refractivity contribution in [2.45, 2.75) is 0 Å². The first kappa shape index (κ1) is 10.2. The number of hydrogen-bond acceptors (Lipinski definition) is 3. The van der Waals surface area contributed by atoms with Gasteiger partial charge < -0.3 is 10.2 Å². The summed E-state index contributed by atoms with van der Waals surface area (Å²) in [5.41, 5.74) is 0.964. The highest BCUT2D eigenvalue weighted by Crippen LogP contribution is 2.22. The number of nitrogens with zero attached hydrogens (tertiary/aromatic N) is 1. The molecule has 0 fully saturated rings. The van der Waals surface area contributed by atoms with Crippen molar-refractivity contribution >= 4 is 22.9 Å². The van der Waals surface area contributed by atoms with E-state index in [9.17, 15) is 9.90 Å². The highest BCUT2D eigenvalue weighted by molar-refractivity contribution is 5.87. The molecule has 0 radical (unpaired) electrons. The molecule has 0 spiro atoms. The lowest BCUT2D eigenvalue weighted by Crippen LogP contribution is -1.88. The topological polar surface area (TPSA) is 70.4 Å². The van der Waals surface area contributed by atoms with Crippen LogP contribution in [0.5, 0.6) is 5.75 Å². The maximum absolute atomic E-state index is 10.3. The van der Waals surface area contributed by atoms with Crippen LogP contribution in [0.3, 0.4) is 0 Å². The molecule has 0 aliphatic rings. The van der Waals surface area contributed by atoms with Crippen LogP contribution >= 0.6 is 0 Å². The van der Waals surface area contributed by atoms with Gasteiger partial charge in [-0.1, -0.05) is 18.2 Å². The summed E-state index contributed by atoms with van der Waals surface area (Å²) in [6, 6.07) is 8.57. The molecule has 0 saturated heterocycles. The average Bonchev–Trinajstić information content (AvgIpc) is 2.27. The third kappa shape index (κ3) is 2.00. The Bertz CT molecular complexity index is 575. The molecule has 0 atom stereocenters. The standard InChI is InChI=1S/C12H9NO3/c14-10-3-1-2-8-4-5-9(13-12(8)10)6-7-11(15)16/h1-7,14H,(H,15,16)/b7-6+. The van der Waals surface area contributed by atoms with Gasteiger partial charge in [-0.05, 0) is 18.2 Å². The van der Waals surface area contributed by atoms with Crippen LogP contribution in [0.4, 0.5) is 0 Å². The van der Waals surface area contributed by atoms with Crippen molar-refractivity contribution in [2.75, 3.05) is 0 Å². The monoisotopic (exact) mass is 215 g/mol. The van der Waals surface area contributed by atoms with E-state index < -0.39 is 5.97 Å². The molecule has 0 saturated carbocycles. The summed E-state index contributed by atoms with van der Waals surface area (Å²) in [7, 11) is 0. The molecule has 0 aliphatic heterocycles. The Morgan fingerprint density at radius 2 is 2.06 bits per heavy atom. The molecule has 2 aromatic rings. The Labute approximate surface area is 91.5 Å². The number of aromatic hydroxyl groups is 1. The van der Waals surface area contributed by atoms with Crippen molar-refractivity contribution in [3.63, 3.8) is 0 Å². The summed E-state index contributed by atoms with van der Waals surface area (Å²) in [5, 5.41) is 18.9. The summed E-state index contributed by atoms with van der Waals surface area (Å²) in [6.07, 6.45) is 2.39. The minimum absolute atomic E-state index is 0.0862. The van der Waals surface area contributed by atoms with Gasteiger partial charge in [0.05, 0.1) is 5.69 Å². The number of pyridine rings is 1. The van der Waals surface area contributed by atoms with Gasteiger partial charge in [-0.3, -0.25) is 0 Å². The third-order valence-corrected chi connectivity index (χ3v) is 2.12. The second-order valence-corrected chi connectivity index (χ2v) is 3.26. The number of carboxylic acid groups (broad SMARTS) is 1. The van der Waals surface area contributed by atoms with Crippen molar-refractivity contribution in [1.82, 2.24) is 4.98 Å². The minimum Gasteiger partial charge on any atom is -0.506 e. The maximum Gasteiger partial charge on any atom is 0.328 e. The summed E-state index contributed by atoms with van der Waals surface area (Å²) in [6.45, 7) is 0. The number of phenols is 1. The Hall–Kier alpha value is -2.36. The summed E-state index contributed by atoms with van der Waals surface area (Å²) in [4.78, 5) is 14.5. The van der Waals surface area contributed by atoms with Crippen LogP contribution in [0.1, 0.15) is 5.69 Å². The molecule has 4 nitrogen and oxygen atoms in total. The fraction of sp³-hybridized carbons (Fsp3) is 0. The molecular formula is C12H9NO3. The first-order chi connectivity index (χ1) is 7.66. The quantitative estimate of drug-likeness (QED) is 0.752. The van der Waals surface area contributed by atoms with Gasteiger partial charge in [0.1, 0.15) is 11.3 Å². The van der Waals surface area contributed by atoms with E-state index in [2.05, 4.69) is 4.98 Å². The highest BCUT2D eigenvalue weighted by Gasteiger charge is 2.00. The van der Waals surface area contributed by atoms with E-state index >= 15 is 0 Å². The molecule has 0 unspecified atom stereocenters. The van der Waals surface area contributed by atoms with Gasteiger partial charge in [0.15, 0.2) is 0 Å².